The summed E-state index contributed by atoms with van der Waals surface area (Å²) in [6.07, 6.45) is 3.34. The molecule has 1 N–H and O–H groups in total. The fourth-order valence-electron chi connectivity index (χ4n) is 2.37. The lowest BCUT2D eigenvalue weighted by atomic mass is 10.1. The van der Waals surface area contributed by atoms with Gasteiger partial charge in [0.1, 0.15) is 22.2 Å². The summed E-state index contributed by atoms with van der Waals surface area (Å²) in [7, 11) is 0. The molecule has 0 aliphatic carbocycles. The summed E-state index contributed by atoms with van der Waals surface area (Å²) in [4.78, 5) is 21.5. The number of amides is 1. The van der Waals surface area contributed by atoms with Gasteiger partial charge in [-0.1, -0.05) is 24.3 Å². The molecule has 0 fully saturated rings. The van der Waals surface area contributed by atoms with E-state index in [4.69, 9.17) is 4.74 Å². The quantitative estimate of drug-likeness (QED) is 0.734. The Bertz CT molecular complexity index is 862. The highest BCUT2D eigenvalue weighted by molar-refractivity contribution is 7.13. The average Bonchev–Trinajstić information content (AvgIpc) is 3.01. The summed E-state index contributed by atoms with van der Waals surface area (Å²) in [5.41, 5.74) is 2.99. The summed E-state index contributed by atoms with van der Waals surface area (Å²) in [5.74, 6) is 0.576. The number of rotatable bonds is 6. The number of carbonyl (C=O) groups excluding carboxylic acids is 1. The Balaban J connectivity index is 1.61. The number of hydrogen-bond donors (Lipinski definition) is 1. The van der Waals surface area contributed by atoms with Gasteiger partial charge >= 0.3 is 0 Å². The van der Waals surface area contributed by atoms with Crippen molar-refractivity contribution in [3.05, 3.63) is 75.5 Å². The van der Waals surface area contributed by atoms with Gasteiger partial charge in [-0.25, -0.2) is 4.98 Å². The third kappa shape index (κ3) is 4.42. The van der Waals surface area contributed by atoms with Gasteiger partial charge in [0.2, 0.25) is 0 Å². The molecule has 5 nitrogen and oxygen atoms in total. The van der Waals surface area contributed by atoms with Gasteiger partial charge in [0.05, 0.1) is 11.9 Å². The van der Waals surface area contributed by atoms with Crippen LogP contribution in [0.1, 0.15) is 31.5 Å². The lowest BCUT2D eigenvalue weighted by molar-refractivity contribution is 0.0954. The van der Waals surface area contributed by atoms with Crippen LogP contribution in [0.15, 0.2) is 48.8 Å². The molecule has 3 aromatic rings. The number of aryl methyl sites for hydroxylation is 2. The highest BCUT2D eigenvalue weighted by Gasteiger charge is 2.15. The first-order chi connectivity index (χ1) is 12.1. The number of ether oxygens (including phenoxy) is 1. The summed E-state index contributed by atoms with van der Waals surface area (Å²) >= 11 is 1.36. The van der Waals surface area contributed by atoms with E-state index in [0.717, 1.165) is 21.8 Å². The second kappa shape index (κ2) is 7.90. The number of pyridine rings is 1. The van der Waals surface area contributed by atoms with Gasteiger partial charge in [-0.15, -0.1) is 11.3 Å². The van der Waals surface area contributed by atoms with Crippen molar-refractivity contribution in [2.45, 2.75) is 27.0 Å². The molecule has 2 aromatic heterocycles. The Morgan fingerprint density at radius 3 is 2.80 bits per heavy atom. The topological polar surface area (TPSA) is 64.1 Å². The molecule has 0 radical (unpaired) electrons. The molecule has 25 heavy (non-hydrogen) atoms. The first kappa shape index (κ1) is 17.1. The normalized spacial score (nSPS) is 10.5. The van der Waals surface area contributed by atoms with Crippen LogP contribution in [0, 0.1) is 13.8 Å². The Kier molecular flexibility index (Phi) is 5.40. The molecule has 0 atom stereocenters. The smallest absolute Gasteiger partial charge is 0.263 e. The third-order valence-corrected chi connectivity index (χ3v) is 4.87. The zero-order chi connectivity index (χ0) is 17.6. The number of hydrogen-bond acceptors (Lipinski definition) is 5. The highest BCUT2D eigenvalue weighted by Crippen LogP contribution is 2.20. The molecule has 6 heteroatoms. The van der Waals surface area contributed by atoms with E-state index in [1.54, 1.807) is 12.4 Å². The van der Waals surface area contributed by atoms with Crippen molar-refractivity contribution in [3.8, 4) is 5.75 Å². The lowest BCUT2D eigenvalue weighted by Gasteiger charge is -2.07. The fraction of sp³-hybridized carbons (Fsp3) is 0.211. The first-order valence-corrected chi connectivity index (χ1v) is 8.77. The zero-order valence-electron chi connectivity index (χ0n) is 14.2. The fourth-order valence-corrected chi connectivity index (χ4v) is 3.26. The number of aromatic nitrogens is 2. The predicted molar refractivity (Wildman–Crippen MR) is 97.8 cm³/mol. The van der Waals surface area contributed by atoms with Gasteiger partial charge in [-0.05, 0) is 37.1 Å². The Morgan fingerprint density at radius 2 is 2.04 bits per heavy atom. The molecule has 0 saturated heterocycles. The van der Waals surface area contributed by atoms with Gasteiger partial charge in [-0.3, -0.25) is 9.78 Å². The van der Waals surface area contributed by atoms with Crippen LogP contribution in [0.5, 0.6) is 5.75 Å². The van der Waals surface area contributed by atoms with Gasteiger partial charge in [0, 0.05) is 12.7 Å². The largest absolute Gasteiger partial charge is 0.485 e. The minimum atomic E-state index is -0.106. The van der Waals surface area contributed by atoms with Crippen LogP contribution in [-0.2, 0) is 13.2 Å². The van der Waals surface area contributed by atoms with E-state index in [9.17, 15) is 4.79 Å². The van der Waals surface area contributed by atoms with Gasteiger partial charge in [-0.2, -0.15) is 0 Å². The molecule has 0 spiro atoms. The zero-order valence-corrected chi connectivity index (χ0v) is 15.0. The highest BCUT2D eigenvalue weighted by atomic mass is 32.1. The maximum absolute atomic E-state index is 12.4. The van der Waals surface area contributed by atoms with Gasteiger partial charge in [0.15, 0.2) is 0 Å². The van der Waals surface area contributed by atoms with E-state index in [-0.39, 0.29) is 5.91 Å². The number of carbonyl (C=O) groups is 1. The number of thiazole rings is 1. The molecule has 3 rings (SSSR count). The van der Waals surface area contributed by atoms with Crippen LogP contribution in [0.25, 0.3) is 0 Å². The third-order valence-electron chi connectivity index (χ3n) is 3.74. The lowest BCUT2D eigenvalue weighted by Crippen LogP contribution is -2.22. The van der Waals surface area contributed by atoms with Gasteiger partial charge in [0.25, 0.3) is 5.91 Å². The van der Waals surface area contributed by atoms with Crippen molar-refractivity contribution in [2.75, 3.05) is 0 Å². The van der Waals surface area contributed by atoms with E-state index in [1.807, 2.05) is 50.2 Å². The molecule has 0 unspecified atom stereocenters. The van der Waals surface area contributed by atoms with E-state index in [0.29, 0.717) is 23.8 Å². The summed E-state index contributed by atoms with van der Waals surface area (Å²) in [6, 6.07) is 11.7. The minimum absolute atomic E-state index is 0.106. The monoisotopic (exact) mass is 353 g/mol. The minimum Gasteiger partial charge on any atom is -0.485 e. The van der Waals surface area contributed by atoms with Crippen molar-refractivity contribution < 1.29 is 9.53 Å². The summed E-state index contributed by atoms with van der Waals surface area (Å²) in [6.45, 7) is 4.70. The number of nitrogens with one attached hydrogen (secondary N) is 1. The van der Waals surface area contributed by atoms with Crippen molar-refractivity contribution >= 4 is 17.2 Å². The predicted octanol–water partition coefficient (Wildman–Crippen LogP) is 3.66. The van der Waals surface area contributed by atoms with Crippen LogP contribution in [0.3, 0.4) is 0 Å². The molecule has 1 amide bonds. The number of nitrogens with zero attached hydrogens (tertiary/aromatic N) is 2. The molecule has 0 saturated carbocycles. The van der Waals surface area contributed by atoms with Crippen molar-refractivity contribution in [1.82, 2.24) is 15.3 Å². The molecule has 2 heterocycles. The maximum atomic E-state index is 12.4. The van der Waals surface area contributed by atoms with E-state index >= 15 is 0 Å². The maximum Gasteiger partial charge on any atom is 0.263 e. The van der Waals surface area contributed by atoms with E-state index in [2.05, 4.69) is 15.3 Å². The van der Waals surface area contributed by atoms with Crippen LogP contribution in [0.2, 0.25) is 0 Å². The second-order valence-electron chi connectivity index (χ2n) is 5.61. The number of benzene rings is 1. The van der Waals surface area contributed by atoms with Crippen LogP contribution in [-0.4, -0.2) is 15.9 Å². The average molecular weight is 353 g/mol. The van der Waals surface area contributed by atoms with Crippen molar-refractivity contribution in [1.29, 1.82) is 0 Å². The molecular formula is C19H19N3O2S. The molecular weight excluding hydrogens is 334 g/mol. The first-order valence-electron chi connectivity index (χ1n) is 7.95. The molecule has 0 aliphatic heterocycles. The molecule has 1 aromatic carbocycles. The Hall–Kier alpha value is -2.73. The van der Waals surface area contributed by atoms with Crippen LogP contribution < -0.4 is 10.1 Å². The Labute approximate surface area is 150 Å². The van der Waals surface area contributed by atoms with E-state index < -0.39 is 0 Å². The standard InChI is InChI=1S/C19H19N3O2S/c1-13-6-3-4-7-15(13)10-21-19(23)18-14(2)22-17(25-18)12-24-16-8-5-9-20-11-16/h3-9,11H,10,12H2,1-2H3,(H,21,23). The van der Waals surface area contributed by atoms with Crippen molar-refractivity contribution in [2.24, 2.45) is 0 Å². The van der Waals surface area contributed by atoms with E-state index in [1.165, 1.54) is 11.3 Å². The summed E-state index contributed by atoms with van der Waals surface area (Å²) in [5, 5.41) is 3.73. The second-order valence-corrected chi connectivity index (χ2v) is 6.69. The van der Waals surface area contributed by atoms with Crippen LogP contribution in [0.4, 0.5) is 0 Å². The molecule has 0 aliphatic rings. The molecule has 128 valence electrons. The van der Waals surface area contributed by atoms with Crippen molar-refractivity contribution in [3.63, 3.8) is 0 Å². The van der Waals surface area contributed by atoms with Crippen LogP contribution >= 0.6 is 11.3 Å². The SMILES string of the molecule is Cc1ccccc1CNC(=O)c1sc(COc2cccnc2)nc1C. The molecule has 0 bridgehead atoms. The van der Waals surface area contributed by atoms with Gasteiger partial charge < -0.3 is 10.1 Å². The Morgan fingerprint density at radius 1 is 1.20 bits per heavy atom. The summed E-state index contributed by atoms with van der Waals surface area (Å²) < 4.78 is 5.64.